The molecule has 0 heterocycles. The molecule has 0 saturated heterocycles. The molecule has 3 heteroatoms. The van der Waals surface area contributed by atoms with E-state index in [1.807, 2.05) is 13.0 Å². The fourth-order valence-corrected chi connectivity index (χ4v) is 1.06. The fraction of sp³-hybridized carbons (Fsp3) is 0.400. The summed E-state index contributed by atoms with van der Waals surface area (Å²) in [7, 11) is 0. The molecule has 0 spiro atoms. The van der Waals surface area contributed by atoms with Crippen molar-refractivity contribution >= 4 is 11.6 Å². The summed E-state index contributed by atoms with van der Waals surface area (Å²) < 4.78 is 0. The SMILES string of the molecule is C\C=C(N)/C(=C\C(Cl)=C/N)C(C)C. The Hall–Kier alpha value is -0.890. The smallest absolute Gasteiger partial charge is 0.0564 e. The van der Waals surface area contributed by atoms with Crippen LogP contribution in [0.3, 0.4) is 0 Å². The molecule has 0 atom stereocenters. The summed E-state index contributed by atoms with van der Waals surface area (Å²) in [5.41, 5.74) is 12.8. The molecule has 2 nitrogen and oxygen atoms in total. The predicted molar refractivity (Wildman–Crippen MR) is 59.0 cm³/mol. The highest BCUT2D eigenvalue weighted by Crippen LogP contribution is 2.18. The lowest BCUT2D eigenvalue weighted by molar-refractivity contribution is 0.773. The van der Waals surface area contributed by atoms with E-state index in [9.17, 15) is 0 Å². The molecule has 0 aromatic heterocycles. The Bertz CT molecular complexity index is 250. The van der Waals surface area contributed by atoms with Crippen LogP contribution in [-0.4, -0.2) is 0 Å². The van der Waals surface area contributed by atoms with Crippen LogP contribution in [0.15, 0.2) is 34.7 Å². The second kappa shape index (κ2) is 5.70. The van der Waals surface area contributed by atoms with Crippen LogP contribution >= 0.6 is 11.6 Å². The molecular formula is C10H17ClN2. The lowest BCUT2D eigenvalue weighted by Gasteiger charge is -2.11. The molecule has 0 saturated carbocycles. The molecule has 0 aliphatic heterocycles. The highest BCUT2D eigenvalue weighted by molar-refractivity contribution is 6.31. The number of rotatable bonds is 3. The normalized spacial score (nSPS) is 15.3. The monoisotopic (exact) mass is 200 g/mol. The van der Waals surface area contributed by atoms with Crippen molar-refractivity contribution in [3.8, 4) is 0 Å². The molecule has 0 aromatic carbocycles. The van der Waals surface area contributed by atoms with E-state index >= 15 is 0 Å². The molecule has 0 bridgehead atoms. The minimum atomic E-state index is 0.338. The summed E-state index contributed by atoms with van der Waals surface area (Å²) in [5, 5.41) is 0.508. The second-order valence-corrected chi connectivity index (χ2v) is 3.49. The molecule has 0 aliphatic carbocycles. The minimum absolute atomic E-state index is 0.338. The van der Waals surface area contributed by atoms with Gasteiger partial charge in [-0.3, -0.25) is 0 Å². The first-order valence-electron chi connectivity index (χ1n) is 4.24. The van der Waals surface area contributed by atoms with Gasteiger partial charge in [-0.05, 0) is 24.5 Å². The second-order valence-electron chi connectivity index (χ2n) is 3.05. The Labute approximate surface area is 84.9 Å². The van der Waals surface area contributed by atoms with Gasteiger partial charge >= 0.3 is 0 Å². The van der Waals surface area contributed by atoms with E-state index in [1.165, 1.54) is 6.20 Å². The summed E-state index contributed by atoms with van der Waals surface area (Å²) in [6.07, 6.45) is 5.00. The highest BCUT2D eigenvalue weighted by atomic mass is 35.5. The van der Waals surface area contributed by atoms with E-state index < -0.39 is 0 Å². The van der Waals surface area contributed by atoms with Crippen LogP contribution in [-0.2, 0) is 0 Å². The Balaban J connectivity index is 4.93. The predicted octanol–water partition coefficient (Wildman–Crippen LogP) is 2.47. The molecule has 0 aromatic rings. The quantitative estimate of drug-likeness (QED) is 0.688. The van der Waals surface area contributed by atoms with Crippen LogP contribution in [0.4, 0.5) is 0 Å². The van der Waals surface area contributed by atoms with E-state index in [4.69, 9.17) is 23.1 Å². The average Bonchev–Trinajstić information content (AvgIpc) is 2.11. The van der Waals surface area contributed by atoms with Gasteiger partial charge in [0.1, 0.15) is 0 Å². The summed E-state index contributed by atoms with van der Waals surface area (Å²) in [4.78, 5) is 0. The van der Waals surface area contributed by atoms with Crippen molar-refractivity contribution in [3.63, 3.8) is 0 Å². The van der Waals surface area contributed by atoms with Crippen molar-refractivity contribution < 1.29 is 0 Å². The average molecular weight is 201 g/mol. The molecule has 13 heavy (non-hydrogen) atoms. The number of allylic oxidation sites excluding steroid dienone is 4. The van der Waals surface area contributed by atoms with Crippen LogP contribution in [0.25, 0.3) is 0 Å². The molecule has 0 aliphatic rings. The Morgan fingerprint density at radius 1 is 1.38 bits per heavy atom. The van der Waals surface area contributed by atoms with E-state index in [-0.39, 0.29) is 0 Å². The zero-order chi connectivity index (χ0) is 10.4. The summed E-state index contributed by atoms with van der Waals surface area (Å²) in [6, 6.07) is 0. The minimum Gasteiger partial charge on any atom is -0.403 e. The summed E-state index contributed by atoms with van der Waals surface area (Å²) in [5.74, 6) is 0.338. The molecule has 0 radical (unpaired) electrons. The summed E-state index contributed by atoms with van der Waals surface area (Å²) >= 11 is 5.78. The van der Waals surface area contributed by atoms with Crippen LogP contribution in [0, 0.1) is 5.92 Å². The van der Waals surface area contributed by atoms with E-state index in [1.54, 1.807) is 6.08 Å². The Kier molecular flexibility index (Phi) is 5.31. The first kappa shape index (κ1) is 12.1. The van der Waals surface area contributed by atoms with Crippen molar-refractivity contribution in [3.05, 3.63) is 34.7 Å². The number of hydrogen-bond acceptors (Lipinski definition) is 2. The third kappa shape index (κ3) is 4.04. The Morgan fingerprint density at radius 2 is 1.92 bits per heavy atom. The first-order valence-corrected chi connectivity index (χ1v) is 4.61. The van der Waals surface area contributed by atoms with Gasteiger partial charge in [0, 0.05) is 11.9 Å². The van der Waals surface area contributed by atoms with Crippen molar-refractivity contribution in [1.29, 1.82) is 0 Å². The lowest BCUT2D eigenvalue weighted by Crippen LogP contribution is -2.06. The molecule has 4 N–H and O–H groups in total. The van der Waals surface area contributed by atoms with Crippen molar-refractivity contribution in [2.24, 2.45) is 17.4 Å². The topological polar surface area (TPSA) is 52.0 Å². The van der Waals surface area contributed by atoms with Gasteiger partial charge in [0.2, 0.25) is 0 Å². The number of hydrogen-bond donors (Lipinski definition) is 2. The maximum absolute atomic E-state index is 5.79. The van der Waals surface area contributed by atoms with Gasteiger partial charge < -0.3 is 11.5 Å². The van der Waals surface area contributed by atoms with Gasteiger partial charge in [0.05, 0.1) is 5.03 Å². The van der Waals surface area contributed by atoms with Gasteiger partial charge in [0.15, 0.2) is 0 Å². The number of nitrogens with two attached hydrogens (primary N) is 2. The van der Waals surface area contributed by atoms with E-state index in [2.05, 4.69) is 13.8 Å². The standard InChI is InChI=1S/C10H17ClN2/c1-4-10(13)9(7(2)3)5-8(11)6-12/h4-7H,12-13H2,1-3H3/b8-6+,9-5-,10-4+. The third-order valence-electron chi connectivity index (χ3n) is 1.72. The van der Waals surface area contributed by atoms with E-state index in [0.717, 1.165) is 11.3 Å². The number of halogens is 1. The van der Waals surface area contributed by atoms with Gasteiger partial charge in [-0.15, -0.1) is 0 Å². The lowest BCUT2D eigenvalue weighted by atomic mass is 9.99. The van der Waals surface area contributed by atoms with Crippen molar-refractivity contribution in [1.82, 2.24) is 0 Å². The summed E-state index contributed by atoms with van der Waals surface area (Å²) in [6.45, 7) is 6.01. The van der Waals surface area contributed by atoms with Crippen LogP contribution in [0.1, 0.15) is 20.8 Å². The van der Waals surface area contributed by atoms with Gasteiger partial charge in [-0.1, -0.05) is 31.5 Å². The zero-order valence-electron chi connectivity index (χ0n) is 8.34. The molecule has 0 fully saturated rings. The van der Waals surface area contributed by atoms with Crippen LogP contribution in [0.2, 0.25) is 0 Å². The Morgan fingerprint density at radius 3 is 2.23 bits per heavy atom. The third-order valence-corrected chi connectivity index (χ3v) is 1.95. The van der Waals surface area contributed by atoms with Gasteiger partial charge in [0.25, 0.3) is 0 Å². The molecule has 0 unspecified atom stereocenters. The molecule has 0 amide bonds. The van der Waals surface area contributed by atoms with Gasteiger partial charge in [-0.25, -0.2) is 0 Å². The molecular weight excluding hydrogens is 184 g/mol. The molecule has 0 rings (SSSR count). The van der Waals surface area contributed by atoms with Crippen molar-refractivity contribution in [2.45, 2.75) is 20.8 Å². The van der Waals surface area contributed by atoms with Crippen molar-refractivity contribution in [2.75, 3.05) is 0 Å². The van der Waals surface area contributed by atoms with Gasteiger partial charge in [-0.2, -0.15) is 0 Å². The fourth-order valence-electron chi connectivity index (χ4n) is 0.947. The molecule has 74 valence electrons. The highest BCUT2D eigenvalue weighted by Gasteiger charge is 2.05. The van der Waals surface area contributed by atoms with E-state index in [0.29, 0.717) is 11.0 Å². The van der Waals surface area contributed by atoms with Crippen LogP contribution in [0.5, 0.6) is 0 Å². The zero-order valence-corrected chi connectivity index (χ0v) is 9.10. The largest absolute Gasteiger partial charge is 0.403 e. The maximum atomic E-state index is 5.79. The maximum Gasteiger partial charge on any atom is 0.0564 e. The van der Waals surface area contributed by atoms with Crippen LogP contribution < -0.4 is 11.5 Å². The first-order chi connectivity index (χ1) is 6.02.